The van der Waals surface area contributed by atoms with Gasteiger partial charge >= 0.3 is 6.18 Å². The number of alkyl halides is 3. The molecule has 0 saturated heterocycles. The van der Waals surface area contributed by atoms with Crippen molar-refractivity contribution >= 4 is 10.0 Å². The Labute approximate surface area is 173 Å². The topological polar surface area (TPSA) is 63.2 Å². The second-order valence-corrected chi connectivity index (χ2v) is 8.64. The quantitative estimate of drug-likeness (QED) is 0.557. The molecule has 0 aliphatic rings. The van der Waals surface area contributed by atoms with Crippen molar-refractivity contribution in [1.29, 1.82) is 0 Å². The summed E-state index contributed by atoms with van der Waals surface area (Å²) in [5.41, 5.74) is 0.890. The summed E-state index contributed by atoms with van der Waals surface area (Å²) < 4.78 is 66.9. The highest BCUT2D eigenvalue weighted by atomic mass is 32.2. The highest BCUT2D eigenvalue weighted by molar-refractivity contribution is 7.89. The molecule has 0 bridgehead atoms. The molecule has 30 heavy (non-hydrogen) atoms. The first kappa shape index (κ1) is 21.9. The number of pyridine rings is 2. The lowest BCUT2D eigenvalue weighted by molar-refractivity contribution is -0.137. The van der Waals surface area contributed by atoms with E-state index in [0.29, 0.717) is 29.6 Å². The van der Waals surface area contributed by atoms with Crippen LogP contribution in [0.25, 0.3) is 0 Å². The van der Waals surface area contributed by atoms with Crippen LogP contribution < -0.4 is 0 Å². The molecule has 0 spiro atoms. The minimum Gasteiger partial charge on any atom is -0.261 e. The van der Waals surface area contributed by atoms with E-state index in [1.807, 2.05) is 0 Å². The smallest absolute Gasteiger partial charge is 0.261 e. The molecule has 158 valence electrons. The summed E-state index contributed by atoms with van der Waals surface area (Å²) in [5.74, 6) is 0. The van der Waals surface area contributed by atoms with Crippen LogP contribution in [0.3, 0.4) is 0 Å². The molecule has 3 rings (SSSR count). The van der Waals surface area contributed by atoms with Gasteiger partial charge in [0.05, 0.1) is 22.7 Å². The van der Waals surface area contributed by atoms with Gasteiger partial charge in [-0.2, -0.15) is 17.5 Å². The van der Waals surface area contributed by atoms with Gasteiger partial charge < -0.3 is 0 Å². The zero-order chi connectivity index (χ0) is 21.8. The molecule has 2 heterocycles. The first-order valence-electron chi connectivity index (χ1n) is 9.16. The van der Waals surface area contributed by atoms with Crippen LogP contribution in [-0.4, -0.2) is 29.2 Å². The van der Waals surface area contributed by atoms with Gasteiger partial charge in [0.25, 0.3) is 0 Å². The first-order chi connectivity index (χ1) is 14.2. The van der Waals surface area contributed by atoms with Crippen LogP contribution >= 0.6 is 0 Å². The number of nitrogens with zero attached hydrogens (tertiary/aromatic N) is 3. The lowest BCUT2D eigenvalue weighted by Crippen LogP contribution is -2.33. The normalized spacial score (nSPS) is 12.3. The highest BCUT2D eigenvalue weighted by Crippen LogP contribution is 2.31. The predicted molar refractivity (Wildman–Crippen MR) is 106 cm³/mol. The molecule has 5 nitrogen and oxygen atoms in total. The molecular formula is C21H20F3N3O2S. The summed E-state index contributed by atoms with van der Waals surface area (Å²) in [6.45, 7) is 1.77. The third-order valence-electron chi connectivity index (χ3n) is 4.43. The molecule has 0 atom stereocenters. The third-order valence-corrected chi connectivity index (χ3v) is 6.27. The minimum atomic E-state index is -4.64. The van der Waals surface area contributed by atoms with Gasteiger partial charge in [-0.25, -0.2) is 8.42 Å². The first-order valence-corrected chi connectivity index (χ1v) is 10.6. The minimum absolute atomic E-state index is 0.0468. The van der Waals surface area contributed by atoms with Crippen LogP contribution in [0.5, 0.6) is 0 Å². The Morgan fingerprint density at radius 1 is 0.967 bits per heavy atom. The maximum Gasteiger partial charge on any atom is 0.416 e. The molecule has 0 aliphatic heterocycles. The second-order valence-electron chi connectivity index (χ2n) is 6.71. The molecule has 3 aromatic rings. The van der Waals surface area contributed by atoms with Crippen LogP contribution in [0.1, 0.15) is 22.6 Å². The molecule has 0 radical (unpaired) electrons. The third kappa shape index (κ3) is 5.43. The molecule has 0 N–H and O–H groups in total. The SMILES string of the molecule is Cc1cccc(CN(CCc2ccccn2)S(=O)(=O)c2cccc(C(F)(F)F)c2)n1. The van der Waals surface area contributed by atoms with Crippen LogP contribution in [0.4, 0.5) is 13.2 Å². The maximum atomic E-state index is 13.2. The zero-order valence-electron chi connectivity index (χ0n) is 16.2. The average Bonchev–Trinajstić information content (AvgIpc) is 2.71. The van der Waals surface area contributed by atoms with Crippen molar-refractivity contribution in [3.8, 4) is 0 Å². The summed E-state index contributed by atoms with van der Waals surface area (Å²) in [4.78, 5) is 8.11. The molecule has 0 aliphatic carbocycles. The van der Waals surface area contributed by atoms with E-state index in [9.17, 15) is 21.6 Å². The number of rotatable bonds is 7. The number of aromatic nitrogens is 2. The maximum absolute atomic E-state index is 13.2. The van der Waals surface area contributed by atoms with Crippen LogP contribution in [0.15, 0.2) is 71.8 Å². The fourth-order valence-corrected chi connectivity index (χ4v) is 4.38. The van der Waals surface area contributed by atoms with Crippen LogP contribution in [0.2, 0.25) is 0 Å². The Morgan fingerprint density at radius 3 is 2.37 bits per heavy atom. The van der Waals surface area contributed by atoms with Crippen molar-refractivity contribution in [1.82, 2.24) is 14.3 Å². The van der Waals surface area contributed by atoms with E-state index >= 15 is 0 Å². The number of hydrogen-bond donors (Lipinski definition) is 0. The van der Waals surface area contributed by atoms with Gasteiger partial charge in [-0.15, -0.1) is 0 Å². The molecule has 0 amide bonds. The molecule has 1 aromatic carbocycles. The second kappa shape index (κ2) is 8.93. The molecule has 2 aromatic heterocycles. The van der Waals surface area contributed by atoms with Gasteiger partial charge in [0.1, 0.15) is 0 Å². The standard InChI is InChI=1S/C21H20F3N3O2S/c1-16-6-4-9-19(26-16)15-27(13-11-18-8-2-3-12-25-18)30(28,29)20-10-5-7-17(14-20)21(22,23)24/h2-10,12,14H,11,13,15H2,1H3. The average molecular weight is 435 g/mol. The summed E-state index contributed by atoms with van der Waals surface area (Å²) in [5, 5.41) is 0. The van der Waals surface area contributed by atoms with Crippen LogP contribution in [-0.2, 0) is 29.2 Å². The summed E-state index contributed by atoms with van der Waals surface area (Å²) in [6.07, 6.45) is -2.73. The predicted octanol–water partition coefficient (Wildman–Crippen LogP) is 4.24. The lowest BCUT2D eigenvalue weighted by Gasteiger charge is -2.22. The van der Waals surface area contributed by atoms with Gasteiger partial charge in [-0.1, -0.05) is 18.2 Å². The van der Waals surface area contributed by atoms with Crippen LogP contribution in [0, 0.1) is 6.92 Å². The summed E-state index contributed by atoms with van der Waals surface area (Å²) >= 11 is 0. The van der Waals surface area contributed by atoms with E-state index in [2.05, 4.69) is 9.97 Å². The number of aryl methyl sites for hydroxylation is 1. The van der Waals surface area contributed by atoms with E-state index in [1.54, 1.807) is 49.5 Å². The van der Waals surface area contributed by atoms with E-state index in [4.69, 9.17) is 0 Å². The molecule has 0 fully saturated rings. The fraction of sp³-hybridized carbons (Fsp3) is 0.238. The van der Waals surface area contributed by atoms with Crippen molar-refractivity contribution in [3.63, 3.8) is 0 Å². The number of hydrogen-bond acceptors (Lipinski definition) is 4. The summed E-state index contributed by atoms with van der Waals surface area (Å²) in [6, 6.07) is 14.3. The molecular weight excluding hydrogens is 415 g/mol. The Kier molecular flexibility index (Phi) is 6.52. The Hall–Kier alpha value is -2.78. The van der Waals surface area contributed by atoms with Gasteiger partial charge in [-0.3, -0.25) is 9.97 Å². The van der Waals surface area contributed by atoms with Gasteiger partial charge in [-0.05, 0) is 49.4 Å². The Morgan fingerprint density at radius 2 is 1.70 bits per heavy atom. The highest BCUT2D eigenvalue weighted by Gasteiger charge is 2.33. The van der Waals surface area contributed by atoms with Crippen molar-refractivity contribution in [2.24, 2.45) is 0 Å². The van der Waals surface area contributed by atoms with E-state index in [-0.39, 0.29) is 13.1 Å². The van der Waals surface area contributed by atoms with Crippen molar-refractivity contribution in [2.45, 2.75) is 31.0 Å². The number of benzene rings is 1. The van der Waals surface area contributed by atoms with Gasteiger partial charge in [0.2, 0.25) is 10.0 Å². The lowest BCUT2D eigenvalue weighted by atomic mass is 10.2. The van der Waals surface area contributed by atoms with E-state index in [1.165, 1.54) is 6.07 Å². The fourth-order valence-electron chi connectivity index (χ4n) is 2.92. The molecule has 0 unspecified atom stereocenters. The Balaban J connectivity index is 1.95. The summed E-state index contributed by atoms with van der Waals surface area (Å²) in [7, 11) is -4.20. The number of sulfonamides is 1. The van der Waals surface area contributed by atoms with Gasteiger partial charge in [0, 0.05) is 30.6 Å². The van der Waals surface area contributed by atoms with E-state index in [0.717, 1.165) is 16.4 Å². The Bertz CT molecular complexity index is 1100. The molecule has 9 heteroatoms. The van der Waals surface area contributed by atoms with Crippen molar-refractivity contribution in [2.75, 3.05) is 6.54 Å². The van der Waals surface area contributed by atoms with Gasteiger partial charge in [0.15, 0.2) is 0 Å². The molecule has 0 saturated carbocycles. The number of halogens is 3. The van der Waals surface area contributed by atoms with Crippen molar-refractivity contribution < 1.29 is 21.6 Å². The monoisotopic (exact) mass is 435 g/mol. The zero-order valence-corrected chi connectivity index (χ0v) is 17.0. The van der Waals surface area contributed by atoms with E-state index < -0.39 is 26.7 Å². The largest absolute Gasteiger partial charge is 0.416 e. The van der Waals surface area contributed by atoms with Crippen molar-refractivity contribution in [3.05, 3.63) is 89.5 Å².